The summed E-state index contributed by atoms with van der Waals surface area (Å²) >= 11 is 6.17. The van der Waals surface area contributed by atoms with Gasteiger partial charge in [-0.2, -0.15) is 51.5 Å². The van der Waals surface area contributed by atoms with Crippen LogP contribution in [-0.2, 0) is 85.9 Å². The molecule has 5 fully saturated rings. The number of nitriles is 1. The molecule has 4 aliphatic heterocycles. The van der Waals surface area contributed by atoms with E-state index in [1.165, 1.54) is 61.9 Å². The molecule has 2 atom stereocenters. The maximum atomic E-state index is 13.9. The van der Waals surface area contributed by atoms with Gasteiger partial charge in [0.2, 0.25) is 0 Å². The molecule has 11 aromatic rings. The number of nitrogens with one attached hydrogen (secondary N) is 11. The number of aryl methyl sites for hydroxylation is 3. The summed E-state index contributed by atoms with van der Waals surface area (Å²) in [6.45, 7) is 14.5. The Balaban J connectivity index is 0.000000132. The van der Waals surface area contributed by atoms with Gasteiger partial charge in [0.25, 0.3) is 94.1 Å². The number of anilines is 4. The summed E-state index contributed by atoms with van der Waals surface area (Å²) in [7, 11) is 0. The summed E-state index contributed by atoms with van der Waals surface area (Å²) in [6.07, 6.45) is 2.64. The molecule has 0 unspecified atom stereocenters. The molecule has 5 saturated carbocycles. The number of Topliss-reactive ketones (excluding diaryl/α,β-unsaturated/α-hetero) is 5. The van der Waals surface area contributed by atoms with Gasteiger partial charge >= 0.3 is 0 Å². The van der Waals surface area contributed by atoms with Crippen LogP contribution in [0.5, 0.6) is 0 Å². The van der Waals surface area contributed by atoms with Crippen LogP contribution >= 0.6 is 11.6 Å². The number of carbonyl (C=O) groups excluding carboxylic acids is 13. The zero-order chi connectivity index (χ0) is 103. The molecule has 11 heterocycles. The lowest BCUT2D eigenvalue weighted by Gasteiger charge is -2.46. The quantitative estimate of drug-likeness (QED) is 0.0144. The Kier molecular flexibility index (Phi) is 26.1. The molecular weight excluding hydrogens is 1920 g/mol. The average molecular weight is 2010 g/mol. The summed E-state index contributed by atoms with van der Waals surface area (Å²) in [6, 6.07) is 21.8. The zero-order valence-electron chi connectivity index (χ0n) is 78.4. The standard InChI is InChI=1S/C27H26F2N4O4.C24H23ClF2N6O3.C24H23F3N6O3.C23H21F3N6O3/c1-4-20(34)26(11-27(28,29)12-26)32-25(37)23(35)21-14(3)22(33-18-8-15(18)9-19(21)33)24(36)31-17-6-5-13(2)16(7-17)10-30;2*1-12-5-6-14(8-15(12)25)29-21(35)19-13(2)18(16-4-3-7-33(16)19)20(34)22(36)30-23(10-24(26,27)11-23)17-9-28-32-31-17;1-12-17(19(33)21(35)29-22(10-23(25,26)11-22)16-9-27-31-30-16)15-3-2-8-32(15)18(12)20(34)28-14-6-4-13(24)5-7-14/h5-7,15,18H,4,8-9,11-12H2,1-3H3,(H,31,36)(H,32,37);2*5-6,8-9H,3-4,7,10-11H2,1-2H3,(H,29,35)(H,30,36)(H,28,31,32);4-7,9H,2-3,8,10-11H2,1H3,(H,28,34)(H,29,35)(H,27,30,31)/t15-,18-;;;/m1.../s1. The fourth-order valence-corrected chi connectivity index (χ4v) is 21.4. The van der Waals surface area contributed by atoms with E-state index in [0.29, 0.717) is 143 Å². The Morgan fingerprint density at radius 1 is 0.431 bits per heavy atom. The number of halogens is 11. The number of alkyl halides is 8. The Hall–Kier alpha value is -15.4. The van der Waals surface area contributed by atoms with Crippen LogP contribution in [0.2, 0.25) is 5.02 Å². The van der Waals surface area contributed by atoms with Gasteiger partial charge in [0.05, 0.1) is 69.1 Å². The molecule has 0 saturated heterocycles. The Morgan fingerprint density at radius 2 is 0.771 bits per heavy atom. The van der Waals surface area contributed by atoms with Gasteiger partial charge in [-0.1, -0.05) is 36.7 Å². The van der Waals surface area contributed by atoms with Crippen LogP contribution in [0.15, 0.2) is 97.5 Å². The number of amides is 8. The second kappa shape index (κ2) is 37.5. The first-order valence-electron chi connectivity index (χ1n) is 46.1. The highest BCUT2D eigenvalue weighted by Gasteiger charge is 2.65. The van der Waals surface area contributed by atoms with E-state index in [-0.39, 0.29) is 86.2 Å². The molecule has 0 radical (unpaired) electrons. The maximum absolute atomic E-state index is 13.9. The zero-order valence-corrected chi connectivity index (χ0v) is 79.2. The van der Waals surface area contributed by atoms with Crippen molar-refractivity contribution in [2.24, 2.45) is 5.92 Å². The highest BCUT2D eigenvalue weighted by atomic mass is 35.5. The Labute approximate surface area is 816 Å². The van der Waals surface area contributed by atoms with Gasteiger partial charge in [-0.15, -0.1) is 0 Å². The first-order chi connectivity index (χ1) is 68.0. The minimum absolute atomic E-state index is 0.0464. The fourth-order valence-electron chi connectivity index (χ4n) is 21.2. The number of rotatable bonds is 25. The molecular formula is C98H93ClF10N22O13. The number of carbonyl (C=O) groups is 13. The molecule has 4 aromatic carbocycles. The molecule has 9 aliphatic rings. The van der Waals surface area contributed by atoms with Crippen LogP contribution in [0.3, 0.4) is 0 Å². The normalized spacial score (nSPS) is 18.4. The third-order valence-corrected chi connectivity index (χ3v) is 28.5. The van der Waals surface area contributed by atoms with E-state index in [9.17, 15) is 111 Å². The number of nitrogens with zero attached hydrogens (tertiary/aromatic N) is 11. The predicted octanol–water partition coefficient (Wildman–Crippen LogP) is 13.6. The molecule has 11 N–H and O–H groups in total. The van der Waals surface area contributed by atoms with Crippen molar-refractivity contribution in [3.8, 4) is 6.07 Å². The van der Waals surface area contributed by atoms with Gasteiger partial charge < -0.3 is 60.8 Å². The number of hydrogen-bond acceptors (Lipinski definition) is 20. The van der Waals surface area contributed by atoms with Crippen molar-refractivity contribution in [3.63, 3.8) is 0 Å². The molecule has 35 nitrogen and oxygen atoms in total. The summed E-state index contributed by atoms with van der Waals surface area (Å²) in [5.41, 5.74) is 2.91. The summed E-state index contributed by atoms with van der Waals surface area (Å²) in [5.74, 6) is -23.2. The van der Waals surface area contributed by atoms with Crippen molar-refractivity contribution in [1.82, 2.24) is 85.8 Å². The van der Waals surface area contributed by atoms with Gasteiger partial charge in [0.15, 0.2) is 5.78 Å². The first-order valence-corrected chi connectivity index (χ1v) is 46.5. The molecule has 750 valence electrons. The number of aromatic nitrogens is 13. The van der Waals surface area contributed by atoms with Crippen molar-refractivity contribution >= 4 is 111 Å². The molecule has 8 amide bonds. The highest BCUT2D eigenvalue weighted by Crippen LogP contribution is 2.57. The van der Waals surface area contributed by atoms with E-state index in [0.717, 1.165) is 17.5 Å². The second-order valence-corrected chi connectivity index (χ2v) is 38.5. The SMILES string of the molecule is CCC(=O)C1(NC(=O)C(=O)c2c(C)c(C(=O)Nc3ccc(C)c(C#N)c3)n3c2C[C@H]2C[C@H]23)CC(F)(F)C1.Cc1c(C(=O)C(=O)NC2(c3cn[nH]n3)CC(F)(F)C2)c2n(c1C(=O)Nc1ccc(F)cc1)CCC2.Cc1ccc(NC(=O)c2c(C)c(C(=O)C(=O)NC3(c4cn[nH]n4)CC(F)(F)C3)c3n2CCC3)cc1Cl.Cc1ccc(NC(=O)c2c(C)c(C(=O)C(=O)NC3(c4cn[nH]n4)CC(F)(F)C3)c3n2CCC3)cc1F. The topological polar surface area (TPSA) is 486 Å². The van der Waals surface area contributed by atoms with E-state index in [2.05, 4.69) is 94.8 Å². The number of ketones is 5. The molecule has 7 aromatic heterocycles. The van der Waals surface area contributed by atoms with Crippen LogP contribution in [0.25, 0.3) is 0 Å². The Morgan fingerprint density at radius 3 is 1.13 bits per heavy atom. The fraction of sp³-hybridized carbons (Fsp3) is 0.388. The molecule has 20 rings (SSSR count). The van der Waals surface area contributed by atoms with E-state index >= 15 is 0 Å². The van der Waals surface area contributed by atoms with E-state index in [1.54, 1.807) is 102 Å². The second-order valence-electron chi connectivity index (χ2n) is 38.1. The minimum Gasteiger partial charge on any atom is -0.340 e. The van der Waals surface area contributed by atoms with Gasteiger partial charge in [0, 0.05) is 134 Å². The van der Waals surface area contributed by atoms with E-state index < -0.39 is 185 Å². The number of benzene rings is 4. The smallest absolute Gasteiger partial charge is 0.293 e. The predicted molar refractivity (Wildman–Crippen MR) is 493 cm³/mol. The maximum Gasteiger partial charge on any atom is 0.293 e. The first kappa shape index (κ1) is 100. The van der Waals surface area contributed by atoms with E-state index in [1.807, 2.05) is 6.92 Å². The van der Waals surface area contributed by atoms with Gasteiger partial charge in [-0.3, -0.25) is 62.3 Å². The van der Waals surface area contributed by atoms with Crippen molar-refractivity contribution in [1.29, 1.82) is 5.26 Å². The lowest BCUT2D eigenvalue weighted by atomic mass is 9.69. The van der Waals surface area contributed by atoms with Gasteiger partial charge in [0.1, 0.15) is 57.0 Å². The number of aromatic amines is 3. The van der Waals surface area contributed by atoms with Crippen molar-refractivity contribution in [2.45, 2.75) is 236 Å². The van der Waals surface area contributed by atoms with Crippen molar-refractivity contribution < 1.29 is 106 Å². The lowest BCUT2D eigenvalue weighted by molar-refractivity contribution is -0.163. The number of fused-ring (bicyclic) bond motifs is 6. The molecule has 46 heteroatoms. The monoisotopic (exact) mass is 2010 g/mol. The van der Waals surface area contributed by atoms with Gasteiger partial charge in [-0.25, -0.2) is 43.9 Å². The number of H-pyrrole nitrogens is 3. The summed E-state index contributed by atoms with van der Waals surface area (Å²) < 4.78 is 144. The summed E-state index contributed by atoms with van der Waals surface area (Å²) in [5, 5.41) is 59.9. The van der Waals surface area contributed by atoms with E-state index in [4.69, 9.17) is 11.6 Å². The molecule has 5 aliphatic carbocycles. The summed E-state index contributed by atoms with van der Waals surface area (Å²) in [4.78, 5) is 171. The third-order valence-electron chi connectivity index (χ3n) is 28.1. The third kappa shape index (κ3) is 18.7. The largest absolute Gasteiger partial charge is 0.340 e. The van der Waals surface area contributed by atoms with Crippen molar-refractivity contribution in [3.05, 3.63) is 244 Å². The highest BCUT2D eigenvalue weighted by molar-refractivity contribution is 6.46. The number of hydrogen-bond donors (Lipinski definition) is 11. The van der Waals surface area contributed by atoms with Crippen LogP contribution in [0.1, 0.15) is 264 Å². The van der Waals surface area contributed by atoms with Crippen LogP contribution < -0.4 is 42.5 Å². The molecule has 0 spiro atoms. The lowest BCUT2D eigenvalue weighted by Crippen LogP contribution is -2.67. The Bertz CT molecular complexity index is 7010. The minimum atomic E-state index is -3.08. The van der Waals surface area contributed by atoms with Crippen LogP contribution in [0.4, 0.5) is 66.7 Å². The van der Waals surface area contributed by atoms with Crippen LogP contribution in [0, 0.1) is 77.3 Å². The van der Waals surface area contributed by atoms with Crippen molar-refractivity contribution in [2.75, 3.05) is 21.3 Å². The van der Waals surface area contributed by atoms with Crippen LogP contribution in [-0.4, -0.2) is 170 Å². The average Bonchev–Trinajstić information content (AvgIpc) is 1.53. The molecule has 0 bridgehead atoms. The molecule has 144 heavy (non-hydrogen) atoms. The van der Waals surface area contributed by atoms with Gasteiger partial charge in [-0.05, 0) is 205 Å².